The highest BCUT2D eigenvalue weighted by molar-refractivity contribution is 14.1. The van der Waals surface area contributed by atoms with Crippen LogP contribution in [0.2, 0.25) is 0 Å². The first kappa shape index (κ1) is 11.0. The SMILES string of the molecule is COc1cc(I)cc(OC)c1SC. The molecular formula is C9H11IO2S. The summed E-state index contributed by atoms with van der Waals surface area (Å²) in [5.41, 5.74) is 0. The minimum atomic E-state index is 0.872. The highest BCUT2D eigenvalue weighted by atomic mass is 127. The molecule has 0 N–H and O–H groups in total. The van der Waals surface area contributed by atoms with E-state index in [1.165, 1.54) is 0 Å². The number of hydrogen-bond donors (Lipinski definition) is 0. The number of halogens is 1. The zero-order valence-corrected chi connectivity index (χ0v) is 10.7. The largest absolute Gasteiger partial charge is 0.495 e. The Kier molecular flexibility index (Phi) is 4.18. The van der Waals surface area contributed by atoms with E-state index in [0.717, 1.165) is 20.0 Å². The van der Waals surface area contributed by atoms with Gasteiger partial charge in [0.15, 0.2) is 0 Å². The van der Waals surface area contributed by atoms with Crippen LogP contribution in [0.25, 0.3) is 0 Å². The van der Waals surface area contributed by atoms with Gasteiger partial charge in [-0.3, -0.25) is 0 Å². The van der Waals surface area contributed by atoms with Crippen molar-refractivity contribution in [2.24, 2.45) is 0 Å². The summed E-state index contributed by atoms with van der Waals surface area (Å²) >= 11 is 3.87. The lowest BCUT2D eigenvalue weighted by atomic mass is 10.3. The molecule has 0 saturated carbocycles. The summed E-state index contributed by atoms with van der Waals surface area (Å²) < 4.78 is 11.6. The quantitative estimate of drug-likeness (QED) is 0.631. The van der Waals surface area contributed by atoms with E-state index < -0.39 is 0 Å². The second kappa shape index (κ2) is 4.95. The fourth-order valence-electron chi connectivity index (χ4n) is 1.05. The van der Waals surface area contributed by atoms with Gasteiger partial charge in [-0.15, -0.1) is 11.8 Å². The average Bonchev–Trinajstić information content (AvgIpc) is 2.16. The summed E-state index contributed by atoms with van der Waals surface area (Å²) in [5.74, 6) is 1.74. The minimum absolute atomic E-state index is 0.872. The zero-order valence-electron chi connectivity index (χ0n) is 7.76. The van der Waals surface area contributed by atoms with Gasteiger partial charge in [0.05, 0.1) is 19.1 Å². The number of methoxy groups -OCH3 is 2. The lowest BCUT2D eigenvalue weighted by Crippen LogP contribution is -1.92. The Bertz CT molecular complexity index is 277. The molecule has 0 bridgehead atoms. The Morgan fingerprint density at radius 3 is 1.92 bits per heavy atom. The first-order valence-corrected chi connectivity index (χ1v) is 5.98. The van der Waals surface area contributed by atoms with E-state index in [4.69, 9.17) is 9.47 Å². The third-order valence-corrected chi connectivity index (χ3v) is 3.06. The number of ether oxygens (including phenoxy) is 2. The van der Waals surface area contributed by atoms with Gasteiger partial charge in [-0.2, -0.15) is 0 Å². The Morgan fingerprint density at radius 2 is 1.62 bits per heavy atom. The molecule has 0 atom stereocenters. The van der Waals surface area contributed by atoms with Crippen LogP contribution >= 0.6 is 34.4 Å². The summed E-state index contributed by atoms with van der Waals surface area (Å²) in [6.07, 6.45) is 2.01. The summed E-state index contributed by atoms with van der Waals surface area (Å²) in [5, 5.41) is 0. The molecule has 4 heteroatoms. The fraction of sp³-hybridized carbons (Fsp3) is 0.333. The van der Waals surface area contributed by atoms with E-state index in [1.807, 2.05) is 18.4 Å². The van der Waals surface area contributed by atoms with Crippen molar-refractivity contribution < 1.29 is 9.47 Å². The van der Waals surface area contributed by atoms with Gasteiger partial charge in [0.1, 0.15) is 11.5 Å². The minimum Gasteiger partial charge on any atom is -0.495 e. The summed E-state index contributed by atoms with van der Waals surface area (Å²) in [4.78, 5) is 1.05. The second-order valence-electron chi connectivity index (χ2n) is 2.34. The molecule has 0 heterocycles. The first-order chi connectivity index (χ1) is 6.22. The lowest BCUT2D eigenvalue weighted by molar-refractivity contribution is 0.376. The molecule has 0 aliphatic heterocycles. The molecule has 1 rings (SSSR count). The van der Waals surface area contributed by atoms with Crippen LogP contribution in [0.4, 0.5) is 0 Å². The van der Waals surface area contributed by atoms with Crippen LogP contribution in [0, 0.1) is 3.57 Å². The Morgan fingerprint density at radius 1 is 1.15 bits per heavy atom. The molecule has 0 radical (unpaired) electrons. The number of rotatable bonds is 3. The molecule has 2 nitrogen and oxygen atoms in total. The van der Waals surface area contributed by atoms with Crippen LogP contribution in [0.15, 0.2) is 17.0 Å². The van der Waals surface area contributed by atoms with E-state index in [2.05, 4.69) is 22.6 Å². The molecule has 0 amide bonds. The van der Waals surface area contributed by atoms with E-state index in [1.54, 1.807) is 26.0 Å². The first-order valence-electron chi connectivity index (χ1n) is 3.68. The third-order valence-electron chi connectivity index (χ3n) is 1.63. The van der Waals surface area contributed by atoms with Crippen LogP contribution in [-0.2, 0) is 0 Å². The van der Waals surface area contributed by atoms with Crippen molar-refractivity contribution in [3.05, 3.63) is 15.7 Å². The van der Waals surface area contributed by atoms with Crippen LogP contribution in [-0.4, -0.2) is 20.5 Å². The van der Waals surface area contributed by atoms with Crippen LogP contribution in [0.1, 0.15) is 0 Å². The molecule has 1 aromatic carbocycles. The molecule has 0 aliphatic rings. The molecule has 0 aromatic heterocycles. The van der Waals surface area contributed by atoms with E-state index >= 15 is 0 Å². The van der Waals surface area contributed by atoms with E-state index in [0.29, 0.717) is 0 Å². The van der Waals surface area contributed by atoms with Gasteiger partial charge in [-0.05, 0) is 41.0 Å². The number of hydrogen-bond acceptors (Lipinski definition) is 3. The highest BCUT2D eigenvalue weighted by Crippen LogP contribution is 2.37. The molecule has 0 aliphatic carbocycles. The zero-order chi connectivity index (χ0) is 9.84. The normalized spacial score (nSPS) is 9.85. The van der Waals surface area contributed by atoms with Gasteiger partial charge in [-0.1, -0.05) is 0 Å². The van der Waals surface area contributed by atoms with Gasteiger partial charge in [0.2, 0.25) is 0 Å². The molecule has 0 unspecified atom stereocenters. The molecule has 1 aromatic rings. The van der Waals surface area contributed by atoms with E-state index in [-0.39, 0.29) is 0 Å². The Balaban J connectivity index is 3.25. The van der Waals surface area contributed by atoms with E-state index in [9.17, 15) is 0 Å². The van der Waals surface area contributed by atoms with Gasteiger partial charge in [-0.25, -0.2) is 0 Å². The maximum absolute atomic E-state index is 5.25. The van der Waals surface area contributed by atoms with Gasteiger partial charge >= 0.3 is 0 Å². The molecule has 0 spiro atoms. The summed E-state index contributed by atoms with van der Waals surface area (Å²) in [6, 6.07) is 3.99. The van der Waals surface area contributed by atoms with Crippen molar-refractivity contribution >= 4 is 34.4 Å². The van der Waals surface area contributed by atoms with Crippen molar-refractivity contribution in [2.75, 3.05) is 20.5 Å². The molecule has 0 fully saturated rings. The van der Waals surface area contributed by atoms with Gasteiger partial charge in [0.25, 0.3) is 0 Å². The number of benzene rings is 1. The third kappa shape index (κ3) is 2.43. The maximum atomic E-state index is 5.25. The van der Waals surface area contributed by atoms with Gasteiger partial charge < -0.3 is 9.47 Å². The van der Waals surface area contributed by atoms with Gasteiger partial charge in [0, 0.05) is 3.57 Å². The van der Waals surface area contributed by atoms with Crippen LogP contribution in [0.3, 0.4) is 0 Å². The second-order valence-corrected chi connectivity index (χ2v) is 4.41. The lowest BCUT2D eigenvalue weighted by Gasteiger charge is -2.11. The van der Waals surface area contributed by atoms with Crippen molar-refractivity contribution in [3.8, 4) is 11.5 Å². The smallest absolute Gasteiger partial charge is 0.137 e. The van der Waals surface area contributed by atoms with Crippen LogP contribution in [0.5, 0.6) is 11.5 Å². The predicted octanol–water partition coefficient (Wildman–Crippen LogP) is 3.03. The van der Waals surface area contributed by atoms with Crippen molar-refractivity contribution in [3.63, 3.8) is 0 Å². The highest BCUT2D eigenvalue weighted by Gasteiger charge is 2.09. The fourth-order valence-corrected chi connectivity index (χ4v) is 2.30. The average molecular weight is 310 g/mol. The predicted molar refractivity (Wildman–Crippen MR) is 64.0 cm³/mol. The molecule has 0 saturated heterocycles. The topological polar surface area (TPSA) is 18.5 Å². The molecule has 72 valence electrons. The summed E-state index contributed by atoms with van der Waals surface area (Å²) in [7, 11) is 3.34. The van der Waals surface area contributed by atoms with Crippen molar-refractivity contribution in [1.82, 2.24) is 0 Å². The number of thioether (sulfide) groups is 1. The van der Waals surface area contributed by atoms with Crippen LogP contribution < -0.4 is 9.47 Å². The Labute approximate surface area is 96.1 Å². The van der Waals surface area contributed by atoms with Crippen molar-refractivity contribution in [2.45, 2.75) is 4.90 Å². The Hall–Kier alpha value is -0.100. The standard InChI is InChI=1S/C9H11IO2S/c1-11-7-4-6(10)5-8(12-2)9(7)13-3/h4-5H,1-3H3. The maximum Gasteiger partial charge on any atom is 0.137 e. The van der Waals surface area contributed by atoms with Crippen molar-refractivity contribution in [1.29, 1.82) is 0 Å². The summed E-state index contributed by atoms with van der Waals surface area (Å²) in [6.45, 7) is 0. The molecular weight excluding hydrogens is 299 g/mol. The monoisotopic (exact) mass is 310 g/mol. The molecule has 13 heavy (non-hydrogen) atoms.